The third-order valence-electron chi connectivity index (χ3n) is 2.49. The van der Waals surface area contributed by atoms with E-state index in [1.807, 2.05) is 0 Å². The van der Waals surface area contributed by atoms with E-state index < -0.39 is 5.92 Å². The summed E-state index contributed by atoms with van der Waals surface area (Å²) in [5.41, 5.74) is 0. The fraction of sp³-hybridized carbons (Fsp3) is 1.00. The van der Waals surface area contributed by atoms with Crippen molar-refractivity contribution in [2.75, 3.05) is 13.1 Å². The lowest BCUT2D eigenvalue weighted by Gasteiger charge is -2.14. The van der Waals surface area contributed by atoms with Crippen molar-refractivity contribution < 1.29 is 13.9 Å². The smallest absolute Gasteiger partial charge is 0.245 e. The zero-order valence-electron chi connectivity index (χ0n) is 7.89. The molecule has 1 rings (SSSR count). The van der Waals surface area contributed by atoms with Gasteiger partial charge in [-0.2, -0.15) is 0 Å². The third kappa shape index (κ3) is 4.00. The zero-order valence-corrected chi connectivity index (χ0v) is 7.89. The van der Waals surface area contributed by atoms with Crippen LogP contribution in [-0.4, -0.2) is 30.2 Å². The number of nitrogens with one attached hydrogen (secondary N) is 1. The van der Waals surface area contributed by atoms with Crippen LogP contribution in [0.2, 0.25) is 0 Å². The molecule has 2 N–H and O–H groups in total. The van der Waals surface area contributed by atoms with Gasteiger partial charge in [0.15, 0.2) is 0 Å². The highest BCUT2D eigenvalue weighted by Gasteiger charge is 2.26. The van der Waals surface area contributed by atoms with Gasteiger partial charge in [0.2, 0.25) is 5.92 Å². The highest BCUT2D eigenvalue weighted by Crippen LogP contribution is 2.23. The fourth-order valence-corrected chi connectivity index (χ4v) is 1.69. The van der Waals surface area contributed by atoms with Gasteiger partial charge in [-0.1, -0.05) is 0 Å². The zero-order chi connectivity index (χ0) is 9.90. The minimum atomic E-state index is -2.56. The van der Waals surface area contributed by atoms with Gasteiger partial charge in [0.25, 0.3) is 0 Å². The number of hydrogen-bond acceptors (Lipinski definition) is 2. The summed E-state index contributed by atoms with van der Waals surface area (Å²) in [6.45, 7) is 2.31. The molecule has 0 aromatic carbocycles. The summed E-state index contributed by atoms with van der Waals surface area (Å²) in [4.78, 5) is 0. The Morgan fingerprint density at radius 2 is 2.15 bits per heavy atom. The Bertz CT molecular complexity index is 158. The molecule has 2 nitrogen and oxygen atoms in total. The number of alkyl halides is 2. The predicted octanol–water partition coefficient (Wildman–Crippen LogP) is 1.39. The molecule has 0 unspecified atom stereocenters. The first-order valence-corrected chi connectivity index (χ1v) is 4.75. The Morgan fingerprint density at radius 1 is 1.46 bits per heavy atom. The third-order valence-corrected chi connectivity index (χ3v) is 2.49. The molecule has 0 aromatic heterocycles. The second kappa shape index (κ2) is 4.33. The van der Waals surface area contributed by atoms with Crippen molar-refractivity contribution in [1.29, 1.82) is 0 Å². The molecule has 1 aliphatic rings. The second-order valence-electron chi connectivity index (χ2n) is 3.95. The van der Waals surface area contributed by atoms with E-state index in [2.05, 4.69) is 5.32 Å². The van der Waals surface area contributed by atoms with Crippen molar-refractivity contribution in [2.24, 2.45) is 5.92 Å². The van der Waals surface area contributed by atoms with Crippen molar-refractivity contribution in [3.63, 3.8) is 0 Å². The summed E-state index contributed by atoms with van der Waals surface area (Å²) in [6.07, 6.45) is 0.770. The molecule has 0 saturated carbocycles. The lowest BCUT2D eigenvalue weighted by molar-refractivity contribution is 0.00799. The molecule has 0 radical (unpaired) electrons. The maximum Gasteiger partial charge on any atom is 0.245 e. The summed E-state index contributed by atoms with van der Waals surface area (Å²) >= 11 is 0. The molecule has 1 saturated heterocycles. The van der Waals surface area contributed by atoms with Crippen LogP contribution in [0.1, 0.15) is 26.2 Å². The summed E-state index contributed by atoms with van der Waals surface area (Å²) < 4.78 is 24.8. The van der Waals surface area contributed by atoms with Gasteiger partial charge in [-0.3, -0.25) is 0 Å². The van der Waals surface area contributed by atoms with Gasteiger partial charge in [-0.15, -0.1) is 0 Å². The minimum absolute atomic E-state index is 0.0732. The molecule has 78 valence electrons. The molecule has 0 amide bonds. The van der Waals surface area contributed by atoms with Crippen LogP contribution in [0.4, 0.5) is 8.78 Å². The minimum Gasteiger partial charge on any atom is -0.391 e. The summed E-state index contributed by atoms with van der Waals surface area (Å²) in [5.74, 6) is -2.39. The maximum absolute atomic E-state index is 12.4. The predicted molar refractivity (Wildman–Crippen MR) is 46.8 cm³/mol. The van der Waals surface area contributed by atoms with Crippen LogP contribution in [-0.2, 0) is 0 Å². The van der Waals surface area contributed by atoms with E-state index in [0.29, 0.717) is 19.4 Å². The van der Waals surface area contributed by atoms with E-state index in [1.165, 1.54) is 0 Å². The maximum atomic E-state index is 12.4. The van der Waals surface area contributed by atoms with E-state index >= 15 is 0 Å². The number of rotatable bonds is 4. The van der Waals surface area contributed by atoms with Crippen molar-refractivity contribution >= 4 is 0 Å². The van der Waals surface area contributed by atoms with Gasteiger partial charge in [0.1, 0.15) is 0 Å². The molecule has 2 atom stereocenters. The molecule has 4 heteroatoms. The Labute approximate surface area is 77.3 Å². The van der Waals surface area contributed by atoms with Crippen molar-refractivity contribution in [1.82, 2.24) is 5.32 Å². The number of β-amino-alcohol motifs (C(OH)–C–C–N with tert-alkyl or cyclic N) is 1. The fourth-order valence-electron chi connectivity index (χ4n) is 1.69. The SMILES string of the molecule is CC(F)(F)CCC[C@@H]1CNC[C@H]1O. The molecule has 0 bridgehead atoms. The molecule has 1 fully saturated rings. The molecule has 1 heterocycles. The highest BCUT2D eigenvalue weighted by molar-refractivity contribution is 4.80. The van der Waals surface area contributed by atoms with E-state index in [9.17, 15) is 13.9 Å². The molecule has 13 heavy (non-hydrogen) atoms. The summed E-state index contributed by atoms with van der Waals surface area (Å²) in [7, 11) is 0. The van der Waals surface area contributed by atoms with E-state index in [1.54, 1.807) is 0 Å². The normalized spacial score (nSPS) is 29.5. The van der Waals surface area contributed by atoms with Crippen molar-refractivity contribution in [3.05, 3.63) is 0 Å². The van der Waals surface area contributed by atoms with Gasteiger partial charge in [-0.25, -0.2) is 8.78 Å². The van der Waals surface area contributed by atoms with Gasteiger partial charge in [-0.05, 0) is 25.7 Å². The van der Waals surface area contributed by atoms with E-state index in [0.717, 1.165) is 13.5 Å². The molecule has 0 aromatic rings. The van der Waals surface area contributed by atoms with Gasteiger partial charge >= 0.3 is 0 Å². The molecule has 0 spiro atoms. The number of aliphatic hydroxyl groups excluding tert-OH is 1. The summed E-state index contributed by atoms with van der Waals surface area (Å²) in [6, 6.07) is 0. The molecular weight excluding hydrogens is 176 g/mol. The molecule has 1 aliphatic heterocycles. The van der Waals surface area contributed by atoms with Crippen molar-refractivity contribution in [2.45, 2.75) is 38.2 Å². The standard InChI is InChI=1S/C9H17F2NO/c1-9(10,11)4-2-3-7-5-12-6-8(7)13/h7-8,12-13H,2-6H2,1H3/t7-,8-/m1/s1. The van der Waals surface area contributed by atoms with Crippen LogP contribution in [0.3, 0.4) is 0 Å². The van der Waals surface area contributed by atoms with Crippen LogP contribution in [0.5, 0.6) is 0 Å². The number of hydrogen-bond donors (Lipinski definition) is 2. The lowest BCUT2D eigenvalue weighted by Crippen LogP contribution is -2.18. The number of aliphatic hydroxyl groups is 1. The quantitative estimate of drug-likeness (QED) is 0.707. The Morgan fingerprint density at radius 3 is 2.62 bits per heavy atom. The van der Waals surface area contributed by atoms with E-state index in [4.69, 9.17) is 0 Å². The molecular formula is C9H17F2NO. The first-order chi connectivity index (χ1) is 5.99. The average Bonchev–Trinajstić information content (AvgIpc) is 2.34. The second-order valence-corrected chi connectivity index (χ2v) is 3.95. The van der Waals surface area contributed by atoms with Crippen LogP contribution in [0.15, 0.2) is 0 Å². The topological polar surface area (TPSA) is 32.3 Å². The average molecular weight is 193 g/mol. The van der Waals surface area contributed by atoms with Gasteiger partial charge in [0.05, 0.1) is 6.10 Å². The first-order valence-electron chi connectivity index (χ1n) is 4.75. The van der Waals surface area contributed by atoms with Crippen LogP contribution in [0, 0.1) is 5.92 Å². The highest BCUT2D eigenvalue weighted by atomic mass is 19.3. The van der Waals surface area contributed by atoms with Gasteiger partial charge < -0.3 is 10.4 Å². The van der Waals surface area contributed by atoms with E-state index in [-0.39, 0.29) is 18.4 Å². The van der Waals surface area contributed by atoms with Crippen LogP contribution < -0.4 is 5.32 Å². The monoisotopic (exact) mass is 193 g/mol. The largest absolute Gasteiger partial charge is 0.391 e. The van der Waals surface area contributed by atoms with Crippen molar-refractivity contribution in [3.8, 4) is 0 Å². The molecule has 0 aliphatic carbocycles. The Balaban J connectivity index is 2.12. The van der Waals surface area contributed by atoms with Gasteiger partial charge in [0, 0.05) is 19.5 Å². The van der Waals surface area contributed by atoms with Crippen LogP contribution in [0.25, 0.3) is 0 Å². The van der Waals surface area contributed by atoms with Crippen LogP contribution >= 0.6 is 0 Å². The Hall–Kier alpha value is -0.220. The lowest BCUT2D eigenvalue weighted by atomic mass is 9.98. The Kier molecular flexibility index (Phi) is 3.62. The number of halogens is 2. The summed E-state index contributed by atoms with van der Waals surface area (Å²) in [5, 5.41) is 12.4. The first kappa shape index (κ1) is 10.9.